The van der Waals surface area contributed by atoms with Gasteiger partial charge in [-0.2, -0.15) is 18.2 Å². The summed E-state index contributed by atoms with van der Waals surface area (Å²) in [6.45, 7) is 3.17. The fraction of sp³-hybridized carbons (Fsp3) is 0.474. The van der Waals surface area contributed by atoms with E-state index in [1.165, 1.54) is 0 Å². The lowest BCUT2D eigenvalue weighted by molar-refractivity contribution is -0.138. The molecule has 1 aliphatic carbocycles. The molecule has 1 fully saturated rings. The van der Waals surface area contributed by atoms with Crippen molar-refractivity contribution in [3.8, 4) is 0 Å². The molecule has 0 saturated heterocycles. The van der Waals surface area contributed by atoms with Gasteiger partial charge < -0.3 is 11.1 Å². The molecule has 0 amide bonds. The largest absolute Gasteiger partial charge is 0.421 e. The quantitative estimate of drug-likeness (QED) is 0.699. The van der Waals surface area contributed by atoms with Crippen LogP contribution in [0.2, 0.25) is 0 Å². The van der Waals surface area contributed by atoms with E-state index in [2.05, 4.69) is 15.3 Å². The van der Waals surface area contributed by atoms with Crippen LogP contribution in [-0.2, 0) is 16.0 Å². The van der Waals surface area contributed by atoms with E-state index in [0.29, 0.717) is 24.1 Å². The second-order valence-electron chi connectivity index (χ2n) is 7.16. The van der Waals surface area contributed by atoms with Crippen molar-refractivity contribution in [2.75, 3.05) is 16.8 Å². The predicted molar refractivity (Wildman–Crippen MR) is 106 cm³/mol. The summed E-state index contributed by atoms with van der Waals surface area (Å²) in [7, 11) is -3.29. The van der Waals surface area contributed by atoms with Crippen molar-refractivity contribution >= 4 is 27.3 Å². The van der Waals surface area contributed by atoms with Crippen molar-refractivity contribution in [2.45, 2.75) is 50.5 Å². The summed E-state index contributed by atoms with van der Waals surface area (Å²) in [5.74, 6) is -0.941. The molecule has 0 radical (unpaired) electrons. The minimum atomic E-state index is -4.63. The van der Waals surface area contributed by atoms with Crippen LogP contribution in [0.25, 0.3) is 0 Å². The maximum atomic E-state index is 13.4. The van der Waals surface area contributed by atoms with Gasteiger partial charge in [0.25, 0.3) is 0 Å². The molecule has 1 aromatic heterocycles. The van der Waals surface area contributed by atoms with Crippen LogP contribution in [0.15, 0.2) is 24.3 Å². The van der Waals surface area contributed by atoms with Gasteiger partial charge in [-0.05, 0) is 37.5 Å². The summed E-state index contributed by atoms with van der Waals surface area (Å²) < 4.78 is 64.6. The van der Waals surface area contributed by atoms with Gasteiger partial charge in [0.15, 0.2) is 9.84 Å². The van der Waals surface area contributed by atoms with E-state index >= 15 is 0 Å². The lowest BCUT2D eigenvalue weighted by Crippen LogP contribution is -2.22. The van der Waals surface area contributed by atoms with Gasteiger partial charge in [0.05, 0.1) is 10.9 Å². The monoisotopic (exact) mass is 428 g/mol. The number of alkyl halides is 3. The fourth-order valence-corrected chi connectivity index (χ4v) is 4.34. The highest BCUT2D eigenvalue weighted by Gasteiger charge is 2.41. The van der Waals surface area contributed by atoms with E-state index in [1.54, 1.807) is 38.1 Å². The van der Waals surface area contributed by atoms with Crippen molar-refractivity contribution < 1.29 is 21.6 Å². The highest BCUT2D eigenvalue weighted by Crippen LogP contribution is 2.44. The zero-order valence-electron chi connectivity index (χ0n) is 16.1. The first-order valence-electron chi connectivity index (χ1n) is 9.36. The third kappa shape index (κ3) is 4.47. The summed E-state index contributed by atoms with van der Waals surface area (Å²) >= 11 is 0. The van der Waals surface area contributed by atoms with Crippen LogP contribution in [0.1, 0.15) is 61.1 Å². The van der Waals surface area contributed by atoms with Crippen LogP contribution in [0.5, 0.6) is 0 Å². The van der Waals surface area contributed by atoms with Crippen molar-refractivity contribution in [1.29, 1.82) is 0 Å². The molecule has 1 aromatic carbocycles. The summed E-state index contributed by atoms with van der Waals surface area (Å²) in [6.07, 6.45) is -2.53. The molecular formula is C19H23F3N4O2S. The number of rotatable bonds is 6. The van der Waals surface area contributed by atoms with Crippen molar-refractivity contribution in [3.05, 3.63) is 41.1 Å². The van der Waals surface area contributed by atoms with E-state index in [1.807, 2.05) is 0 Å². The zero-order chi connectivity index (χ0) is 21.4. The van der Waals surface area contributed by atoms with Crippen LogP contribution < -0.4 is 11.1 Å². The molecule has 1 heterocycles. The number of nitrogen functional groups attached to an aromatic ring is 1. The predicted octanol–water partition coefficient (Wildman–Crippen LogP) is 4.58. The lowest BCUT2D eigenvalue weighted by Gasteiger charge is -2.28. The van der Waals surface area contributed by atoms with Gasteiger partial charge >= 0.3 is 6.18 Å². The third-order valence-corrected chi connectivity index (χ3v) is 7.45. The summed E-state index contributed by atoms with van der Waals surface area (Å²) in [5, 5.41) is 2.16. The van der Waals surface area contributed by atoms with Gasteiger partial charge in [-0.15, -0.1) is 0 Å². The Morgan fingerprint density at radius 3 is 2.52 bits per heavy atom. The van der Waals surface area contributed by atoms with Crippen LogP contribution in [0.3, 0.4) is 0 Å². The molecule has 0 spiro atoms. The number of hydrogen-bond donors (Lipinski definition) is 2. The summed E-state index contributed by atoms with van der Waals surface area (Å²) in [6, 6.07) is 6.64. The van der Waals surface area contributed by atoms with Crippen molar-refractivity contribution in [3.63, 3.8) is 0 Å². The van der Waals surface area contributed by atoms with Gasteiger partial charge in [0.1, 0.15) is 11.4 Å². The van der Waals surface area contributed by atoms with Crippen LogP contribution in [-0.4, -0.2) is 24.1 Å². The van der Waals surface area contributed by atoms with Gasteiger partial charge in [-0.3, -0.25) is 0 Å². The normalized spacial score (nSPS) is 16.3. The molecule has 1 unspecified atom stereocenters. The number of nitrogens with one attached hydrogen (secondary N) is 1. The zero-order valence-corrected chi connectivity index (χ0v) is 16.9. The number of aromatic nitrogens is 2. The number of halogens is 3. The van der Waals surface area contributed by atoms with Gasteiger partial charge in [0.2, 0.25) is 5.95 Å². The molecule has 3 N–H and O–H groups in total. The number of hydrogen-bond acceptors (Lipinski definition) is 6. The minimum absolute atomic E-state index is 0.00905. The highest BCUT2D eigenvalue weighted by atomic mass is 32.2. The Bertz CT molecular complexity index is 1000. The molecule has 1 saturated carbocycles. The molecular weight excluding hydrogens is 405 g/mol. The number of nitrogens with zero attached hydrogens (tertiary/aromatic N) is 2. The highest BCUT2D eigenvalue weighted by molar-refractivity contribution is 7.91. The molecule has 1 aliphatic rings. The second kappa shape index (κ2) is 7.81. The van der Waals surface area contributed by atoms with E-state index in [9.17, 15) is 21.6 Å². The molecule has 29 heavy (non-hydrogen) atoms. The lowest BCUT2D eigenvalue weighted by atomic mass is 9.81. The van der Waals surface area contributed by atoms with Crippen LogP contribution in [0.4, 0.5) is 30.6 Å². The van der Waals surface area contributed by atoms with Gasteiger partial charge in [-0.25, -0.2) is 13.4 Å². The Kier molecular flexibility index (Phi) is 5.75. The molecule has 2 aromatic rings. The maximum Gasteiger partial charge on any atom is 0.421 e. The molecule has 10 heteroatoms. The van der Waals surface area contributed by atoms with Crippen molar-refractivity contribution in [2.24, 2.45) is 0 Å². The Morgan fingerprint density at radius 1 is 1.28 bits per heavy atom. The first kappa shape index (κ1) is 21.4. The van der Waals surface area contributed by atoms with Crippen LogP contribution >= 0.6 is 0 Å². The number of benzene rings is 1. The van der Waals surface area contributed by atoms with E-state index in [-0.39, 0.29) is 23.3 Å². The minimum Gasteiger partial charge on any atom is -0.383 e. The van der Waals surface area contributed by atoms with E-state index < -0.39 is 32.6 Å². The molecule has 0 bridgehead atoms. The van der Waals surface area contributed by atoms with E-state index in [0.717, 1.165) is 6.42 Å². The molecule has 0 aliphatic heterocycles. The Balaban J connectivity index is 1.95. The molecule has 3 rings (SSSR count). The summed E-state index contributed by atoms with van der Waals surface area (Å²) in [4.78, 5) is 7.91. The third-order valence-electron chi connectivity index (χ3n) is 5.29. The van der Waals surface area contributed by atoms with Gasteiger partial charge in [-0.1, -0.05) is 25.5 Å². The number of nitrogens with two attached hydrogens (primary N) is 1. The molecule has 1 atom stereocenters. The first-order chi connectivity index (χ1) is 13.5. The first-order valence-corrected chi connectivity index (χ1v) is 11.1. The molecule has 6 nitrogen and oxygen atoms in total. The Labute approximate surface area is 167 Å². The molecule has 158 valence electrons. The number of anilines is 3. The maximum absolute atomic E-state index is 13.4. The smallest absolute Gasteiger partial charge is 0.383 e. The number of sulfone groups is 1. The Morgan fingerprint density at radius 2 is 1.97 bits per heavy atom. The van der Waals surface area contributed by atoms with E-state index in [4.69, 9.17) is 5.73 Å². The fourth-order valence-electron chi connectivity index (χ4n) is 3.28. The standard InChI is InChI=1S/C19H23F3N4O2S/c1-3-29(27,28)11(2)13-8-5-9-14(10-13)24-18-25-16(12-6-4-7-12)15(17(23)26-18)19(20,21)22/h5,8-12H,3-4,6-7H2,1-2H3,(H3,23,24,25,26). The SMILES string of the molecule is CCS(=O)(=O)C(C)c1cccc(Nc2nc(N)c(C(F)(F)F)c(C3CCC3)n2)c1. The topological polar surface area (TPSA) is 98.0 Å². The van der Waals surface area contributed by atoms with Crippen LogP contribution in [0, 0.1) is 0 Å². The van der Waals surface area contributed by atoms with Crippen molar-refractivity contribution in [1.82, 2.24) is 9.97 Å². The van der Waals surface area contributed by atoms with Gasteiger partial charge in [0, 0.05) is 17.4 Å². The average Bonchev–Trinajstić information content (AvgIpc) is 2.58. The summed E-state index contributed by atoms with van der Waals surface area (Å²) in [5.41, 5.74) is 5.62. The Hall–Kier alpha value is -2.36. The average molecular weight is 428 g/mol. The second-order valence-corrected chi connectivity index (χ2v) is 9.77.